The minimum absolute atomic E-state index is 0.250. The van der Waals surface area contributed by atoms with Crippen molar-refractivity contribution in [2.45, 2.75) is 20.2 Å². The summed E-state index contributed by atoms with van der Waals surface area (Å²) in [4.78, 5) is 10.7. The third-order valence-electron chi connectivity index (χ3n) is 2.32. The number of ether oxygens (including phenoxy) is 1. The maximum Gasteiger partial charge on any atom is 0.338 e. The molecule has 1 unspecified atom stereocenters. The molecular formula is C13H13ClF2O3. The first-order valence-corrected chi connectivity index (χ1v) is 5.90. The average Bonchev–Trinajstić information content (AvgIpc) is 2.31. The predicted molar refractivity (Wildman–Crippen MR) is 69.0 cm³/mol. The number of alkyl halides is 2. The number of rotatable bonds is 1. The third-order valence-corrected chi connectivity index (χ3v) is 2.73. The lowest BCUT2D eigenvalue weighted by atomic mass is 10.0. The van der Waals surface area contributed by atoms with Crippen molar-refractivity contribution in [1.82, 2.24) is 0 Å². The number of carbonyl (C=O) groups is 1. The van der Waals surface area contributed by atoms with Gasteiger partial charge in [0, 0.05) is 10.6 Å². The molecule has 0 saturated carbocycles. The monoisotopic (exact) mass is 290 g/mol. The van der Waals surface area contributed by atoms with E-state index < -0.39 is 17.9 Å². The number of aliphatic carboxylic acids is 1. The van der Waals surface area contributed by atoms with Crippen LogP contribution in [0.2, 0.25) is 5.02 Å². The maximum atomic E-state index is 13.3. The largest absolute Gasteiger partial charge is 0.478 e. The van der Waals surface area contributed by atoms with Gasteiger partial charge in [0.05, 0.1) is 6.67 Å². The maximum absolute atomic E-state index is 13.3. The summed E-state index contributed by atoms with van der Waals surface area (Å²) in [5, 5.41) is 9.22. The zero-order valence-electron chi connectivity index (χ0n) is 10.4. The third kappa shape index (κ3) is 3.67. The molecule has 0 amide bonds. The van der Waals surface area contributed by atoms with E-state index in [0.717, 1.165) is 5.56 Å². The van der Waals surface area contributed by atoms with Gasteiger partial charge >= 0.3 is 5.97 Å². The summed E-state index contributed by atoms with van der Waals surface area (Å²) in [6.45, 7) is 2.97. The van der Waals surface area contributed by atoms with Gasteiger partial charge in [-0.3, -0.25) is 4.39 Å². The molecule has 1 aromatic carbocycles. The first kappa shape index (κ1) is 15.4. The normalized spacial score (nSPS) is 16.5. The first-order valence-electron chi connectivity index (χ1n) is 5.52. The molecule has 0 aliphatic carbocycles. The highest BCUT2D eigenvalue weighted by molar-refractivity contribution is 6.31. The molecule has 1 atom stereocenters. The molecule has 1 N–H and O–H groups in total. The molecule has 0 bridgehead atoms. The second kappa shape index (κ2) is 6.52. The van der Waals surface area contributed by atoms with Crippen LogP contribution < -0.4 is 4.74 Å². The lowest BCUT2D eigenvalue weighted by molar-refractivity contribution is -0.134. The van der Waals surface area contributed by atoms with E-state index in [1.165, 1.54) is 13.0 Å². The summed E-state index contributed by atoms with van der Waals surface area (Å²) >= 11 is 5.88. The summed E-state index contributed by atoms with van der Waals surface area (Å²) in [5.41, 5.74) is 0.800. The van der Waals surface area contributed by atoms with Gasteiger partial charge in [-0.15, -0.1) is 0 Å². The van der Waals surface area contributed by atoms with E-state index in [1.54, 1.807) is 19.1 Å². The van der Waals surface area contributed by atoms with Crippen LogP contribution in [-0.2, 0) is 4.79 Å². The van der Waals surface area contributed by atoms with Gasteiger partial charge < -0.3 is 9.84 Å². The Morgan fingerprint density at radius 3 is 2.63 bits per heavy atom. The van der Waals surface area contributed by atoms with Crippen LogP contribution in [0.5, 0.6) is 5.75 Å². The molecular weight excluding hydrogens is 278 g/mol. The topological polar surface area (TPSA) is 46.5 Å². The number of fused-ring (bicyclic) bond motifs is 1. The Morgan fingerprint density at radius 2 is 2.11 bits per heavy atom. The van der Waals surface area contributed by atoms with Crippen molar-refractivity contribution in [3.63, 3.8) is 0 Å². The van der Waals surface area contributed by atoms with E-state index in [2.05, 4.69) is 0 Å². The van der Waals surface area contributed by atoms with Crippen molar-refractivity contribution in [2.24, 2.45) is 0 Å². The number of hydrogen-bond acceptors (Lipinski definition) is 2. The van der Waals surface area contributed by atoms with Gasteiger partial charge in [0.1, 0.15) is 11.3 Å². The van der Waals surface area contributed by atoms with Crippen molar-refractivity contribution >= 4 is 23.6 Å². The minimum atomic E-state index is -1.94. The molecule has 6 heteroatoms. The Hall–Kier alpha value is -1.62. The minimum Gasteiger partial charge on any atom is -0.478 e. The van der Waals surface area contributed by atoms with E-state index in [4.69, 9.17) is 21.4 Å². The standard InChI is InChI=1S/C11H8ClFO3.C2H5F/c1-5-2-9-6(4-8(5)12)3-7(11(14)15)10(13)16-9;1-2-3/h2-4,10H,1H3,(H,14,15);2H2,1H3. The highest BCUT2D eigenvalue weighted by Gasteiger charge is 2.27. The summed E-state index contributed by atoms with van der Waals surface area (Å²) in [7, 11) is 0. The zero-order valence-corrected chi connectivity index (χ0v) is 11.2. The van der Waals surface area contributed by atoms with E-state index in [-0.39, 0.29) is 6.67 Å². The summed E-state index contributed by atoms with van der Waals surface area (Å²) in [6.07, 6.45) is -0.706. The molecule has 1 aliphatic rings. The molecule has 2 rings (SSSR count). The van der Waals surface area contributed by atoms with Crippen molar-refractivity contribution in [1.29, 1.82) is 0 Å². The molecule has 0 saturated heterocycles. The molecule has 0 fully saturated rings. The highest BCUT2D eigenvalue weighted by atomic mass is 35.5. The van der Waals surface area contributed by atoms with E-state index in [0.29, 0.717) is 16.3 Å². The molecule has 0 radical (unpaired) electrons. The molecule has 1 heterocycles. The lowest BCUT2D eigenvalue weighted by Gasteiger charge is -2.20. The Kier molecular flexibility index (Phi) is 5.30. The number of benzene rings is 1. The van der Waals surface area contributed by atoms with Gasteiger partial charge in [-0.2, -0.15) is 4.39 Å². The van der Waals surface area contributed by atoms with E-state index in [9.17, 15) is 13.6 Å². The number of hydrogen-bond donors (Lipinski definition) is 1. The molecule has 1 aromatic rings. The Labute approximate surface area is 114 Å². The molecule has 3 nitrogen and oxygen atoms in total. The molecule has 1 aliphatic heterocycles. The van der Waals surface area contributed by atoms with Crippen LogP contribution in [0.1, 0.15) is 18.1 Å². The number of halogens is 3. The van der Waals surface area contributed by atoms with Crippen molar-refractivity contribution in [3.05, 3.63) is 33.9 Å². The molecule has 104 valence electrons. The Morgan fingerprint density at radius 1 is 1.53 bits per heavy atom. The second-order valence-corrected chi connectivity index (χ2v) is 4.15. The molecule has 0 spiro atoms. The van der Waals surface area contributed by atoms with Crippen LogP contribution in [0, 0.1) is 6.92 Å². The fourth-order valence-corrected chi connectivity index (χ4v) is 1.62. The number of carboxylic acids is 1. The van der Waals surface area contributed by atoms with E-state index in [1.807, 2.05) is 0 Å². The van der Waals surface area contributed by atoms with Crippen LogP contribution in [0.3, 0.4) is 0 Å². The van der Waals surface area contributed by atoms with Gasteiger partial charge in [0.2, 0.25) is 0 Å². The fourth-order valence-electron chi connectivity index (χ4n) is 1.45. The fraction of sp³-hybridized carbons (Fsp3) is 0.308. The Balaban J connectivity index is 0.000000550. The second-order valence-electron chi connectivity index (χ2n) is 3.75. The smallest absolute Gasteiger partial charge is 0.338 e. The zero-order chi connectivity index (χ0) is 14.6. The van der Waals surface area contributed by atoms with Crippen LogP contribution in [0.15, 0.2) is 17.7 Å². The highest BCUT2D eigenvalue weighted by Crippen LogP contribution is 2.34. The SMILES string of the molecule is CCF.Cc1cc2c(cc1Cl)C=C(C(=O)O)C(F)O2. The van der Waals surface area contributed by atoms with Crippen LogP contribution in [0.25, 0.3) is 6.08 Å². The van der Waals surface area contributed by atoms with Gasteiger partial charge in [-0.05, 0) is 37.6 Å². The van der Waals surface area contributed by atoms with Crippen molar-refractivity contribution in [3.8, 4) is 5.75 Å². The Bertz CT molecular complexity index is 515. The summed E-state index contributed by atoms with van der Waals surface area (Å²) in [6, 6.07) is 3.14. The molecule has 19 heavy (non-hydrogen) atoms. The number of aryl methyl sites for hydroxylation is 1. The van der Waals surface area contributed by atoms with Crippen molar-refractivity contribution < 1.29 is 23.4 Å². The quantitative estimate of drug-likeness (QED) is 0.856. The number of carboxylic acid groups (broad SMARTS) is 1. The van der Waals surface area contributed by atoms with Gasteiger partial charge in [-0.1, -0.05) is 11.6 Å². The first-order chi connectivity index (χ1) is 8.90. The average molecular weight is 291 g/mol. The summed E-state index contributed by atoms with van der Waals surface area (Å²) in [5.74, 6) is -1.03. The summed E-state index contributed by atoms with van der Waals surface area (Å²) < 4.78 is 28.5. The van der Waals surface area contributed by atoms with E-state index >= 15 is 0 Å². The van der Waals surface area contributed by atoms with Gasteiger partial charge in [0.15, 0.2) is 0 Å². The lowest BCUT2D eigenvalue weighted by Crippen LogP contribution is -2.22. The molecule has 0 aromatic heterocycles. The predicted octanol–water partition coefficient (Wildman–Crippen LogP) is 3.78. The van der Waals surface area contributed by atoms with Crippen LogP contribution in [-0.4, -0.2) is 24.1 Å². The van der Waals surface area contributed by atoms with Gasteiger partial charge in [-0.25, -0.2) is 4.79 Å². The van der Waals surface area contributed by atoms with Gasteiger partial charge in [0.25, 0.3) is 6.36 Å². The van der Waals surface area contributed by atoms with Crippen LogP contribution >= 0.6 is 11.6 Å². The van der Waals surface area contributed by atoms with Crippen molar-refractivity contribution in [2.75, 3.05) is 6.67 Å². The van der Waals surface area contributed by atoms with Crippen LogP contribution in [0.4, 0.5) is 8.78 Å².